The van der Waals surface area contributed by atoms with E-state index in [0.717, 1.165) is 19.3 Å². The van der Waals surface area contributed by atoms with Crippen LogP contribution in [0.3, 0.4) is 0 Å². The molecule has 2 atom stereocenters. The molecule has 2 unspecified atom stereocenters. The van der Waals surface area contributed by atoms with Gasteiger partial charge in [0, 0.05) is 36.5 Å². The molecule has 19 heavy (non-hydrogen) atoms. The molecule has 0 saturated carbocycles. The molecule has 3 rings (SSSR count). The molecule has 104 valence electrons. The minimum atomic E-state index is 0.305. The molecule has 1 aromatic heterocycles. The molecule has 3 nitrogen and oxygen atoms in total. The van der Waals surface area contributed by atoms with Gasteiger partial charge in [-0.2, -0.15) is 0 Å². The first kappa shape index (κ1) is 13.1. The molecule has 2 saturated heterocycles. The SMILES string of the molecule is CN(C(=O)CCc1cccs1)C1CC2CCC(C1)N2. The van der Waals surface area contributed by atoms with Gasteiger partial charge in [0.05, 0.1) is 0 Å². The Kier molecular flexibility index (Phi) is 3.89. The molecule has 0 aliphatic carbocycles. The van der Waals surface area contributed by atoms with Crippen molar-refractivity contribution in [3.63, 3.8) is 0 Å². The molecule has 2 aliphatic rings. The van der Waals surface area contributed by atoms with Crippen molar-refractivity contribution in [1.29, 1.82) is 0 Å². The average Bonchev–Trinajstić information content (AvgIpc) is 3.05. The summed E-state index contributed by atoms with van der Waals surface area (Å²) in [6.45, 7) is 0. The van der Waals surface area contributed by atoms with Crippen LogP contribution in [0.25, 0.3) is 0 Å². The molecule has 0 spiro atoms. The molecule has 2 bridgehead atoms. The van der Waals surface area contributed by atoms with Crippen molar-refractivity contribution in [2.45, 2.75) is 56.7 Å². The van der Waals surface area contributed by atoms with E-state index in [1.165, 1.54) is 17.7 Å². The second kappa shape index (κ2) is 5.63. The standard InChI is InChI=1S/C15H22N2OS/c1-17(13-9-11-4-5-12(10-13)16-11)15(18)7-6-14-3-2-8-19-14/h2-3,8,11-13,16H,4-7,9-10H2,1H3. The van der Waals surface area contributed by atoms with E-state index in [2.05, 4.69) is 22.8 Å². The molecule has 1 aromatic rings. The Morgan fingerprint density at radius 3 is 2.79 bits per heavy atom. The number of aryl methyl sites for hydroxylation is 1. The highest BCUT2D eigenvalue weighted by molar-refractivity contribution is 7.09. The minimum Gasteiger partial charge on any atom is -0.343 e. The summed E-state index contributed by atoms with van der Waals surface area (Å²) >= 11 is 1.74. The van der Waals surface area contributed by atoms with Crippen molar-refractivity contribution in [2.75, 3.05) is 7.05 Å². The van der Waals surface area contributed by atoms with Gasteiger partial charge in [0.2, 0.25) is 5.91 Å². The number of thiophene rings is 1. The third-order valence-electron chi connectivity index (χ3n) is 4.55. The number of hydrogen-bond acceptors (Lipinski definition) is 3. The summed E-state index contributed by atoms with van der Waals surface area (Å²) in [4.78, 5) is 15.6. The smallest absolute Gasteiger partial charge is 0.222 e. The molecule has 2 fully saturated rings. The average molecular weight is 278 g/mol. The molecule has 1 amide bonds. The van der Waals surface area contributed by atoms with E-state index in [0.29, 0.717) is 30.5 Å². The van der Waals surface area contributed by atoms with E-state index < -0.39 is 0 Å². The van der Waals surface area contributed by atoms with Crippen LogP contribution in [0.4, 0.5) is 0 Å². The van der Waals surface area contributed by atoms with Crippen LogP contribution in [0.5, 0.6) is 0 Å². The van der Waals surface area contributed by atoms with E-state index >= 15 is 0 Å². The van der Waals surface area contributed by atoms with Crippen LogP contribution in [0.1, 0.15) is 37.0 Å². The maximum Gasteiger partial charge on any atom is 0.222 e. The Labute approximate surface area is 119 Å². The maximum absolute atomic E-state index is 12.3. The van der Waals surface area contributed by atoms with Crippen LogP contribution >= 0.6 is 11.3 Å². The number of rotatable bonds is 4. The van der Waals surface area contributed by atoms with Crippen molar-refractivity contribution in [3.05, 3.63) is 22.4 Å². The first-order valence-electron chi connectivity index (χ1n) is 7.26. The zero-order chi connectivity index (χ0) is 13.2. The summed E-state index contributed by atoms with van der Waals surface area (Å²) in [5, 5.41) is 5.71. The Morgan fingerprint density at radius 2 is 2.16 bits per heavy atom. The van der Waals surface area contributed by atoms with E-state index in [9.17, 15) is 4.79 Å². The van der Waals surface area contributed by atoms with E-state index in [4.69, 9.17) is 0 Å². The van der Waals surface area contributed by atoms with E-state index in [1.807, 2.05) is 11.9 Å². The first-order chi connectivity index (χ1) is 9.22. The second-order valence-electron chi connectivity index (χ2n) is 5.85. The highest BCUT2D eigenvalue weighted by Gasteiger charge is 2.36. The first-order valence-corrected chi connectivity index (χ1v) is 8.14. The molecule has 0 radical (unpaired) electrons. The van der Waals surface area contributed by atoms with Crippen LogP contribution in [0, 0.1) is 0 Å². The zero-order valence-electron chi connectivity index (χ0n) is 11.5. The Balaban J connectivity index is 1.51. The molecular weight excluding hydrogens is 256 g/mol. The van der Waals surface area contributed by atoms with Gasteiger partial charge in [-0.1, -0.05) is 6.07 Å². The van der Waals surface area contributed by atoms with Gasteiger partial charge in [-0.25, -0.2) is 0 Å². The van der Waals surface area contributed by atoms with E-state index in [-0.39, 0.29) is 0 Å². The van der Waals surface area contributed by atoms with Crippen molar-refractivity contribution in [1.82, 2.24) is 10.2 Å². The minimum absolute atomic E-state index is 0.305. The van der Waals surface area contributed by atoms with Crippen molar-refractivity contribution < 1.29 is 4.79 Å². The molecule has 0 aromatic carbocycles. The highest BCUT2D eigenvalue weighted by Crippen LogP contribution is 2.29. The number of piperidine rings is 1. The quantitative estimate of drug-likeness (QED) is 0.917. The van der Waals surface area contributed by atoms with Crippen LogP contribution in [-0.2, 0) is 11.2 Å². The fourth-order valence-corrected chi connectivity index (χ4v) is 4.12. The van der Waals surface area contributed by atoms with Gasteiger partial charge >= 0.3 is 0 Å². The summed E-state index contributed by atoms with van der Waals surface area (Å²) < 4.78 is 0. The largest absolute Gasteiger partial charge is 0.343 e. The third kappa shape index (κ3) is 3.00. The van der Waals surface area contributed by atoms with Crippen molar-refractivity contribution >= 4 is 17.2 Å². The molecule has 4 heteroatoms. The van der Waals surface area contributed by atoms with Crippen LogP contribution in [0.2, 0.25) is 0 Å². The summed E-state index contributed by atoms with van der Waals surface area (Å²) in [5.41, 5.74) is 0. The third-order valence-corrected chi connectivity index (χ3v) is 5.49. The molecule has 1 N–H and O–H groups in total. The van der Waals surface area contributed by atoms with Crippen LogP contribution in [0.15, 0.2) is 17.5 Å². The van der Waals surface area contributed by atoms with Crippen LogP contribution < -0.4 is 5.32 Å². The Morgan fingerprint density at radius 1 is 1.42 bits per heavy atom. The van der Waals surface area contributed by atoms with Crippen molar-refractivity contribution in [2.24, 2.45) is 0 Å². The predicted octanol–water partition coefficient (Wildman–Crippen LogP) is 2.42. The molecule has 2 aliphatic heterocycles. The normalized spacial score (nSPS) is 29.4. The van der Waals surface area contributed by atoms with Crippen LogP contribution in [-0.4, -0.2) is 36.0 Å². The lowest BCUT2D eigenvalue weighted by Gasteiger charge is -2.35. The number of amides is 1. The van der Waals surface area contributed by atoms with Gasteiger partial charge in [-0.15, -0.1) is 11.3 Å². The lowest BCUT2D eigenvalue weighted by Crippen LogP contribution is -2.48. The Hall–Kier alpha value is -0.870. The molecular formula is C15H22N2OS. The lowest BCUT2D eigenvalue weighted by molar-refractivity contribution is -0.132. The number of nitrogens with one attached hydrogen (secondary N) is 1. The number of nitrogens with zero attached hydrogens (tertiary/aromatic N) is 1. The second-order valence-corrected chi connectivity index (χ2v) is 6.88. The van der Waals surface area contributed by atoms with Gasteiger partial charge in [0.15, 0.2) is 0 Å². The lowest BCUT2D eigenvalue weighted by atomic mass is 9.98. The fourth-order valence-electron chi connectivity index (χ4n) is 3.41. The number of carbonyl (C=O) groups is 1. The highest BCUT2D eigenvalue weighted by atomic mass is 32.1. The zero-order valence-corrected chi connectivity index (χ0v) is 12.3. The maximum atomic E-state index is 12.3. The number of carbonyl (C=O) groups excluding carboxylic acids is 1. The van der Waals surface area contributed by atoms with Gasteiger partial charge in [-0.3, -0.25) is 4.79 Å². The summed E-state index contributed by atoms with van der Waals surface area (Å²) in [6, 6.07) is 5.92. The van der Waals surface area contributed by atoms with Crippen molar-refractivity contribution in [3.8, 4) is 0 Å². The number of fused-ring (bicyclic) bond motifs is 2. The molecule has 3 heterocycles. The van der Waals surface area contributed by atoms with Gasteiger partial charge in [0.1, 0.15) is 0 Å². The van der Waals surface area contributed by atoms with E-state index in [1.54, 1.807) is 11.3 Å². The van der Waals surface area contributed by atoms with Gasteiger partial charge < -0.3 is 10.2 Å². The van der Waals surface area contributed by atoms with Gasteiger partial charge in [-0.05, 0) is 43.6 Å². The predicted molar refractivity (Wildman–Crippen MR) is 78.4 cm³/mol. The van der Waals surface area contributed by atoms with Gasteiger partial charge in [0.25, 0.3) is 0 Å². The Bertz CT molecular complexity index is 419. The topological polar surface area (TPSA) is 32.3 Å². The number of hydrogen-bond donors (Lipinski definition) is 1. The summed E-state index contributed by atoms with van der Waals surface area (Å²) in [5.74, 6) is 0.305. The fraction of sp³-hybridized carbons (Fsp3) is 0.667. The summed E-state index contributed by atoms with van der Waals surface area (Å²) in [6.07, 6.45) is 6.39. The summed E-state index contributed by atoms with van der Waals surface area (Å²) in [7, 11) is 1.99. The monoisotopic (exact) mass is 278 g/mol.